The number of aromatic amines is 1. The highest BCUT2D eigenvalue weighted by Gasteiger charge is 2.18. The van der Waals surface area contributed by atoms with Gasteiger partial charge in [-0.25, -0.2) is 9.97 Å². The molecule has 7 heteroatoms. The zero-order valence-electron chi connectivity index (χ0n) is 17.3. The number of para-hydroxylation sites is 2. The Balaban J connectivity index is 1.76. The normalized spacial score (nSPS) is 12.7. The van der Waals surface area contributed by atoms with Gasteiger partial charge in [0.25, 0.3) is 11.1 Å². The Labute approximate surface area is 178 Å². The van der Waals surface area contributed by atoms with Gasteiger partial charge in [-0.05, 0) is 43.5 Å². The monoisotopic (exact) mass is 420 g/mol. The van der Waals surface area contributed by atoms with Gasteiger partial charge < -0.3 is 4.98 Å². The van der Waals surface area contributed by atoms with Crippen molar-refractivity contribution in [3.05, 3.63) is 75.1 Å². The number of aromatic nitrogens is 4. The van der Waals surface area contributed by atoms with Crippen molar-refractivity contribution in [2.75, 3.05) is 0 Å². The molecule has 1 atom stereocenters. The number of nitrogens with zero attached hydrogens (tertiary/aromatic N) is 3. The summed E-state index contributed by atoms with van der Waals surface area (Å²) in [5.74, 6) is 1.04. The number of rotatable bonds is 6. The van der Waals surface area contributed by atoms with Crippen molar-refractivity contribution in [2.45, 2.75) is 44.1 Å². The lowest BCUT2D eigenvalue weighted by Gasteiger charge is -2.17. The fourth-order valence-electron chi connectivity index (χ4n) is 3.33. The molecular formula is C23H24N4O2S. The molecule has 2 aromatic heterocycles. The minimum atomic E-state index is -0.180. The molecule has 0 aliphatic heterocycles. The van der Waals surface area contributed by atoms with Gasteiger partial charge in [0, 0.05) is 6.54 Å². The van der Waals surface area contributed by atoms with Gasteiger partial charge in [0.05, 0.1) is 27.1 Å². The van der Waals surface area contributed by atoms with Crippen LogP contribution in [0.1, 0.15) is 38.3 Å². The van der Waals surface area contributed by atoms with Crippen LogP contribution in [0.4, 0.5) is 0 Å². The summed E-state index contributed by atoms with van der Waals surface area (Å²) < 4.78 is 1.75. The van der Waals surface area contributed by atoms with Gasteiger partial charge in [0.1, 0.15) is 5.82 Å². The zero-order chi connectivity index (χ0) is 21.3. The minimum absolute atomic E-state index is 0.0316. The number of benzene rings is 2. The van der Waals surface area contributed by atoms with Gasteiger partial charge in [0.15, 0.2) is 5.16 Å². The summed E-state index contributed by atoms with van der Waals surface area (Å²) in [5.41, 5.74) is 1.15. The molecule has 154 valence electrons. The fourth-order valence-corrected chi connectivity index (χ4v) is 4.33. The molecule has 0 spiro atoms. The Morgan fingerprint density at radius 3 is 2.27 bits per heavy atom. The summed E-state index contributed by atoms with van der Waals surface area (Å²) in [6.07, 6.45) is 0.882. The number of thioether (sulfide) groups is 1. The topological polar surface area (TPSA) is 80.6 Å². The van der Waals surface area contributed by atoms with Crippen LogP contribution in [0, 0.1) is 5.92 Å². The van der Waals surface area contributed by atoms with E-state index in [4.69, 9.17) is 4.98 Å². The molecule has 30 heavy (non-hydrogen) atoms. The summed E-state index contributed by atoms with van der Waals surface area (Å²) in [7, 11) is 0. The smallest absolute Gasteiger partial charge is 0.262 e. The molecule has 4 rings (SSSR count). The molecule has 2 aromatic carbocycles. The van der Waals surface area contributed by atoms with E-state index in [-0.39, 0.29) is 16.4 Å². The van der Waals surface area contributed by atoms with E-state index in [0.29, 0.717) is 45.2 Å². The van der Waals surface area contributed by atoms with Crippen LogP contribution in [0.25, 0.3) is 21.8 Å². The lowest BCUT2D eigenvalue weighted by Crippen LogP contribution is -2.24. The largest absolute Gasteiger partial charge is 0.309 e. The van der Waals surface area contributed by atoms with Gasteiger partial charge in [-0.3, -0.25) is 14.2 Å². The molecule has 4 aromatic rings. The van der Waals surface area contributed by atoms with Crippen LogP contribution in [0.2, 0.25) is 0 Å². The number of fused-ring (bicyclic) bond motifs is 2. The third-order valence-electron chi connectivity index (χ3n) is 5.06. The SMILES string of the molecule is CC(C)CCn1c(SC(C)c2nc3ccccc3c(=O)[nH]2)nc2ccccc2c1=O. The molecule has 1 N–H and O–H groups in total. The lowest BCUT2D eigenvalue weighted by molar-refractivity contribution is 0.480. The first-order chi connectivity index (χ1) is 14.4. The molecule has 2 heterocycles. The third-order valence-corrected chi connectivity index (χ3v) is 6.15. The summed E-state index contributed by atoms with van der Waals surface area (Å²) in [4.78, 5) is 37.9. The predicted octanol–water partition coefficient (Wildman–Crippen LogP) is 4.53. The van der Waals surface area contributed by atoms with Crippen LogP contribution in [-0.4, -0.2) is 19.5 Å². The number of nitrogens with one attached hydrogen (secondary N) is 1. The van der Waals surface area contributed by atoms with Gasteiger partial charge in [-0.1, -0.05) is 49.9 Å². The van der Waals surface area contributed by atoms with E-state index < -0.39 is 0 Å². The Hall–Kier alpha value is -2.93. The summed E-state index contributed by atoms with van der Waals surface area (Å²) >= 11 is 1.44. The molecule has 0 saturated heterocycles. The molecule has 0 fully saturated rings. The number of hydrogen-bond acceptors (Lipinski definition) is 5. The van der Waals surface area contributed by atoms with Gasteiger partial charge in [-0.2, -0.15) is 0 Å². The molecule has 0 radical (unpaired) electrons. The number of hydrogen-bond donors (Lipinski definition) is 1. The number of H-pyrrole nitrogens is 1. The maximum atomic E-state index is 13.1. The second-order valence-corrected chi connectivity index (χ2v) is 9.09. The van der Waals surface area contributed by atoms with Gasteiger partial charge >= 0.3 is 0 Å². The molecule has 0 aliphatic carbocycles. The van der Waals surface area contributed by atoms with E-state index in [1.165, 1.54) is 11.8 Å². The molecular weight excluding hydrogens is 396 g/mol. The highest BCUT2D eigenvalue weighted by Crippen LogP contribution is 2.32. The van der Waals surface area contributed by atoms with Crippen molar-refractivity contribution in [3.63, 3.8) is 0 Å². The van der Waals surface area contributed by atoms with E-state index in [2.05, 4.69) is 23.8 Å². The molecule has 0 bridgehead atoms. The first-order valence-electron chi connectivity index (χ1n) is 10.1. The van der Waals surface area contributed by atoms with E-state index in [9.17, 15) is 9.59 Å². The first-order valence-corrected chi connectivity index (χ1v) is 11.0. The average molecular weight is 421 g/mol. The standard InChI is InChI=1S/C23H24N4O2S/c1-14(2)12-13-27-22(29)17-9-5-7-11-19(17)25-23(27)30-15(3)20-24-18-10-6-4-8-16(18)21(28)26-20/h4-11,14-15H,12-13H2,1-3H3,(H,24,26,28). The van der Waals surface area contributed by atoms with Crippen molar-refractivity contribution in [1.29, 1.82) is 0 Å². The third kappa shape index (κ3) is 4.03. The Bertz CT molecular complexity index is 1330. The van der Waals surface area contributed by atoms with E-state index in [0.717, 1.165) is 6.42 Å². The summed E-state index contributed by atoms with van der Waals surface area (Å²) in [6.45, 7) is 6.84. The Morgan fingerprint density at radius 2 is 1.57 bits per heavy atom. The van der Waals surface area contributed by atoms with Crippen molar-refractivity contribution in [2.24, 2.45) is 5.92 Å². The first kappa shape index (κ1) is 20.3. The quantitative estimate of drug-likeness (QED) is 0.366. The lowest BCUT2D eigenvalue weighted by atomic mass is 10.1. The van der Waals surface area contributed by atoms with Crippen molar-refractivity contribution < 1.29 is 0 Å². The van der Waals surface area contributed by atoms with E-state index in [1.54, 1.807) is 10.6 Å². The van der Waals surface area contributed by atoms with E-state index in [1.807, 2.05) is 49.4 Å². The van der Waals surface area contributed by atoms with Crippen molar-refractivity contribution in [1.82, 2.24) is 19.5 Å². The average Bonchev–Trinajstić information content (AvgIpc) is 2.73. The minimum Gasteiger partial charge on any atom is -0.309 e. The molecule has 0 saturated carbocycles. The second kappa shape index (κ2) is 8.44. The van der Waals surface area contributed by atoms with E-state index >= 15 is 0 Å². The Morgan fingerprint density at radius 1 is 0.933 bits per heavy atom. The van der Waals surface area contributed by atoms with Crippen LogP contribution < -0.4 is 11.1 Å². The van der Waals surface area contributed by atoms with Gasteiger partial charge in [0.2, 0.25) is 0 Å². The fraction of sp³-hybridized carbons (Fsp3) is 0.304. The highest BCUT2D eigenvalue weighted by molar-refractivity contribution is 7.99. The van der Waals surface area contributed by atoms with Crippen LogP contribution in [0.5, 0.6) is 0 Å². The molecule has 6 nitrogen and oxygen atoms in total. The van der Waals surface area contributed by atoms with Gasteiger partial charge in [-0.15, -0.1) is 0 Å². The molecule has 1 unspecified atom stereocenters. The van der Waals surface area contributed by atoms with Crippen molar-refractivity contribution in [3.8, 4) is 0 Å². The van der Waals surface area contributed by atoms with Crippen LogP contribution in [-0.2, 0) is 6.54 Å². The van der Waals surface area contributed by atoms with Crippen LogP contribution >= 0.6 is 11.8 Å². The summed E-state index contributed by atoms with van der Waals surface area (Å²) in [5, 5.41) is 1.65. The second-order valence-electron chi connectivity index (χ2n) is 7.78. The summed E-state index contributed by atoms with van der Waals surface area (Å²) in [6, 6.07) is 14.7. The highest BCUT2D eigenvalue weighted by atomic mass is 32.2. The van der Waals surface area contributed by atoms with Crippen LogP contribution in [0.3, 0.4) is 0 Å². The van der Waals surface area contributed by atoms with Crippen molar-refractivity contribution >= 4 is 33.6 Å². The maximum absolute atomic E-state index is 13.1. The zero-order valence-corrected chi connectivity index (χ0v) is 18.1. The van der Waals surface area contributed by atoms with Crippen LogP contribution in [0.15, 0.2) is 63.3 Å². The molecule has 0 amide bonds. The Kier molecular flexibility index (Phi) is 5.72. The predicted molar refractivity (Wildman–Crippen MR) is 122 cm³/mol. The maximum Gasteiger partial charge on any atom is 0.262 e. The molecule has 0 aliphatic rings.